The summed E-state index contributed by atoms with van der Waals surface area (Å²) in [4.78, 5) is 27.2. The molecule has 0 fully saturated rings. The Balaban J connectivity index is 2.58. The van der Waals surface area contributed by atoms with Gasteiger partial charge in [0.05, 0.1) is 11.0 Å². The molecular weight excluding hydrogens is 256 g/mol. The van der Waals surface area contributed by atoms with Crippen LogP contribution in [0.1, 0.15) is 37.6 Å². The molecule has 0 atom stereocenters. The van der Waals surface area contributed by atoms with Crippen LogP contribution in [0, 0.1) is 5.41 Å². The fourth-order valence-corrected chi connectivity index (χ4v) is 1.38. The van der Waals surface area contributed by atoms with E-state index in [2.05, 4.69) is 22.5 Å². The maximum absolute atomic E-state index is 11.9. The van der Waals surface area contributed by atoms with Crippen molar-refractivity contribution in [1.29, 1.82) is 0 Å². The second-order valence-electron chi connectivity index (χ2n) is 5.29. The lowest BCUT2D eigenvalue weighted by molar-refractivity contribution is -0.125. The molecule has 110 valence electrons. The van der Waals surface area contributed by atoms with Crippen molar-refractivity contribution >= 4 is 17.6 Å². The van der Waals surface area contributed by atoms with Crippen LogP contribution < -0.4 is 16.4 Å². The minimum atomic E-state index is -0.772. The van der Waals surface area contributed by atoms with Gasteiger partial charge in [0, 0.05) is 19.3 Å². The number of carbonyl (C=O) groups excluding carboxylic acids is 2. The van der Waals surface area contributed by atoms with E-state index in [0.717, 1.165) is 18.8 Å². The normalized spacial score (nSPS) is 10.9. The monoisotopic (exact) mass is 278 g/mol. The minimum Gasteiger partial charge on any atom is -0.370 e. The fourth-order valence-electron chi connectivity index (χ4n) is 1.38. The van der Waals surface area contributed by atoms with Gasteiger partial charge < -0.3 is 16.4 Å². The van der Waals surface area contributed by atoms with Crippen molar-refractivity contribution in [2.75, 3.05) is 18.4 Å². The maximum atomic E-state index is 11.9. The molecule has 0 saturated heterocycles. The summed E-state index contributed by atoms with van der Waals surface area (Å²) < 4.78 is 0. The van der Waals surface area contributed by atoms with Gasteiger partial charge in [-0.3, -0.25) is 9.59 Å². The largest absolute Gasteiger partial charge is 0.370 e. The lowest BCUT2D eigenvalue weighted by atomic mass is 9.93. The highest BCUT2D eigenvalue weighted by molar-refractivity contribution is 5.94. The smallest absolute Gasteiger partial charge is 0.252 e. The molecule has 2 amide bonds. The summed E-state index contributed by atoms with van der Waals surface area (Å²) in [7, 11) is 0. The van der Waals surface area contributed by atoms with Crippen LogP contribution in [0.15, 0.2) is 18.3 Å². The second kappa shape index (κ2) is 6.88. The quantitative estimate of drug-likeness (QED) is 0.697. The number of pyridine rings is 1. The fraction of sp³-hybridized carbons (Fsp3) is 0.500. The number of amides is 2. The molecule has 1 aromatic rings. The number of hydrogen-bond acceptors (Lipinski definition) is 4. The van der Waals surface area contributed by atoms with Crippen molar-refractivity contribution in [3.8, 4) is 0 Å². The van der Waals surface area contributed by atoms with E-state index in [-0.39, 0.29) is 12.5 Å². The highest BCUT2D eigenvalue weighted by atomic mass is 16.2. The van der Waals surface area contributed by atoms with Crippen molar-refractivity contribution in [3.05, 3.63) is 23.9 Å². The van der Waals surface area contributed by atoms with Crippen LogP contribution in [0.3, 0.4) is 0 Å². The van der Waals surface area contributed by atoms with E-state index >= 15 is 0 Å². The maximum Gasteiger partial charge on any atom is 0.252 e. The number of anilines is 1. The van der Waals surface area contributed by atoms with Crippen LogP contribution in [0.5, 0.6) is 0 Å². The Kier molecular flexibility index (Phi) is 5.49. The number of aromatic nitrogens is 1. The third-order valence-corrected chi connectivity index (χ3v) is 2.94. The van der Waals surface area contributed by atoms with E-state index in [1.807, 2.05) is 0 Å². The number of nitrogens with zero attached hydrogens (tertiary/aromatic N) is 1. The summed E-state index contributed by atoms with van der Waals surface area (Å²) in [5.41, 5.74) is 4.93. The summed E-state index contributed by atoms with van der Waals surface area (Å²) in [5.74, 6) is 0.0183. The van der Waals surface area contributed by atoms with Gasteiger partial charge in [-0.15, -0.1) is 0 Å². The average Bonchev–Trinajstić information content (AvgIpc) is 2.43. The van der Waals surface area contributed by atoms with Gasteiger partial charge in [0.2, 0.25) is 5.91 Å². The molecule has 4 N–H and O–H groups in total. The highest BCUT2D eigenvalue weighted by Gasteiger charge is 2.25. The number of nitrogens with two attached hydrogens (primary N) is 1. The minimum absolute atomic E-state index is 0.191. The Bertz CT molecular complexity index is 469. The SMILES string of the molecule is CCCNc1ccc(C(=O)NCC(C)(C)C(N)=O)cn1. The van der Waals surface area contributed by atoms with Crippen LogP contribution >= 0.6 is 0 Å². The summed E-state index contributed by atoms with van der Waals surface area (Å²) in [6.07, 6.45) is 2.51. The van der Waals surface area contributed by atoms with Gasteiger partial charge in [0.15, 0.2) is 0 Å². The van der Waals surface area contributed by atoms with E-state index in [4.69, 9.17) is 5.73 Å². The van der Waals surface area contributed by atoms with Crippen molar-refractivity contribution < 1.29 is 9.59 Å². The zero-order valence-electron chi connectivity index (χ0n) is 12.2. The van der Waals surface area contributed by atoms with E-state index in [1.54, 1.807) is 26.0 Å². The van der Waals surface area contributed by atoms with Gasteiger partial charge in [-0.1, -0.05) is 6.92 Å². The Hall–Kier alpha value is -2.11. The van der Waals surface area contributed by atoms with Gasteiger partial charge in [-0.25, -0.2) is 4.98 Å². The first-order valence-electron chi connectivity index (χ1n) is 6.65. The lowest BCUT2D eigenvalue weighted by Crippen LogP contribution is -2.42. The van der Waals surface area contributed by atoms with Crippen LogP contribution in [-0.2, 0) is 4.79 Å². The Labute approximate surface area is 119 Å². The Morgan fingerprint density at radius 3 is 2.55 bits per heavy atom. The van der Waals surface area contributed by atoms with Crippen LogP contribution in [0.4, 0.5) is 5.82 Å². The molecule has 6 heteroatoms. The molecule has 0 bridgehead atoms. The first-order valence-corrected chi connectivity index (χ1v) is 6.65. The molecule has 1 heterocycles. The Morgan fingerprint density at radius 1 is 1.35 bits per heavy atom. The molecule has 0 aromatic carbocycles. The predicted octanol–water partition coefficient (Wildman–Crippen LogP) is 1.14. The van der Waals surface area contributed by atoms with Gasteiger partial charge in [-0.2, -0.15) is 0 Å². The molecule has 20 heavy (non-hydrogen) atoms. The molecule has 0 aliphatic rings. The number of nitrogens with one attached hydrogen (secondary N) is 2. The average molecular weight is 278 g/mol. The highest BCUT2D eigenvalue weighted by Crippen LogP contribution is 2.12. The van der Waals surface area contributed by atoms with Gasteiger partial charge in [-0.05, 0) is 32.4 Å². The van der Waals surface area contributed by atoms with Crippen molar-refractivity contribution in [2.24, 2.45) is 11.1 Å². The summed E-state index contributed by atoms with van der Waals surface area (Å²) in [6.45, 7) is 6.47. The van der Waals surface area contributed by atoms with Crippen LogP contribution in [0.25, 0.3) is 0 Å². The molecule has 0 spiro atoms. The van der Waals surface area contributed by atoms with E-state index < -0.39 is 11.3 Å². The zero-order chi connectivity index (χ0) is 15.2. The zero-order valence-corrected chi connectivity index (χ0v) is 12.2. The molecule has 0 aliphatic heterocycles. The molecule has 1 aromatic heterocycles. The number of primary amides is 1. The summed E-state index contributed by atoms with van der Waals surface area (Å²) in [5, 5.41) is 5.81. The molecule has 0 radical (unpaired) electrons. The Morgan fingerprint density at radius 2 is 2.05 bits per heavy atom. The van der Waals surface area contributed by atoms with E-state index in [9.17, 15) is 9.59 Å². The number of hydrogen-bond donors (Lipinski definition) is 3. The first-order chi connectivity index (χ1) is 9.36. The van der Waals surface area contributed by atoms with Crippen molar-refractivity contribution in [3.63, 3.8) is 0 Å². The van der Waals surface area contributed by atoms with Gasteiger partial charge >= 0.3 is 0 Å². The topological polar surface area (TPSA) is 97.1 Å². The van der Waals surface area contributed by atoms with Crippen molar-refractivity contribution in [1.82, 2.24) is 10.3 Å². The van der Waals surface area contributed by atoms with Gasteiger partial charge in [0.1, 0.15) is 5.82 Å². The molecular formula is C14H22N4O2. The van der Waals surface area contributed by atoms with E-state index in [1.165, 1.54) is 6.20 Å². The third kappa shape index (κ3) is 4.53. The van der Waals surface area contributed by atoms with E-state index in [0.29, 0.717) is 5.56 Å². The van der Waals surface area contributed by atoms with Crippen molar-refractivity contribution in [2.45, 2.75) is 27.2 Å². The number of carbonyl (C=O) groups is 2. The van der Waals surface area contributed by atoms with Crippen LogP contribution in [0.2, 0.25) is 0 Å². The molecule has 0 saturated carbocycles. The molecule has 0 unspecified atom stereocenters. The molecule has 1 rings (SSSR count). The second-order valence-corrected chi connectivity index (χ2v) is 5.29. The molecule has 6 nitrogen and oxygen atoms in total. The first kappa shape index (κ1) is 15.9. The van der Waals surface area contributed by atoms with Crippen LogP contribution in [-0.4, -0.2) is 29.9 Å². The molecule has 0 aliphatic carbocycles. The lowest BCUT2D eigenvalue weighted by Gasteiger charge is -2.20. The third-order valence-electron chi connectivity index (χ3n) is 2.94. The predicted molar refractivity (Wildman–Crippen MR) is 78.3 cm³/mol. The summed E-state index contributed by atoms with van der Waals surface area (Å²) in [6, 6.07) is 3.45. The standard InChI is InChI=1S/C14H22N4O2/c1-4-7-16-11-6-5-10(8-17-11)12(19)18-9-14(2,3)13(15)20/h5-6,8H,4,7,9H2,1-3H3,(H2,15,20)(H,16,17)(H,18,19). The summed E-state index contributed by atoms with van der Waals surface area (Å²) >= 11 is 0. The number of rotatable bonds is 7. The van der Waals surface area contributed by atoms with Gasteiger partial charge in [0.25, 0.3) is 5.91 Å².